The molecule has 0 spiro atoms. The summed E-state index contributed by atoms with van der Waals surface area (Å²) >= 11 is 1.65. The third-order valence-electron chi connectivity index (χ3n) is 2.99. The Balaban J connectivity index is 1.85. The molecule has 2 aromatic rings. The van der Waals surface area contributed by atoms with Gasteiger partial charge in [-0.2, -0.15) is 5.10 Å². The molecule has 5 heteroatoms. The number of aryl methyl sites for hydroxylation is 1. The van der Waals surface area contributed by atoms with Crippen molar-refractivity contribution in [1.29, 1.82) is 0 Å². The fourth-order valence-corrected chi connectivity index (χ4v) is 2.78. The highest BCUT2D eigenvalue weighted by atomic mass is 32.1. The van der Waals surface area contributed by atoms with Gasteiger partial charge in [-0.15, -0.1) is 11.3 Å². The quantitative estimate of drug-likeness (QED) is 0.913. The summed E-state index contributed by atoms with van der Waals surface area (Å²) in [7, 11) is 0. The van der Waals surface area contributed by atoms with E-state index in [1.165, 1.54) is 0 Å². The molecule has 1 aliphatic rings. The molecule has 19 heavy (non-hydrogen) atoms. The summed E-state index contributed by atoms with van der Waals surface area (Å²) in [6, 6.07) is 8.16. The Kier molecular flexibility index (Phi) is 3.13. The molecule has 0 unspecified atom stereocenters. The predicted molar refractivity (Wildman–Crippen MR) is 76.2 cm³/mol. The molecule has 0 fully saturated rings. The van der Waals surface area contributed by atoms with Crippen molar-refractivity contribution in [3.63, 3.8) is 0 Å². The normalized spacial score (nSPS) is 15.0. The maximum atomic E-state index is 11.1. The molecule has 0 aliphatic carbocycles. The number of thiazole rings is 1. The summed E-state index contributed by atoms with van der Waals surface area (Å²) in [5.41, 5.74) is 6.66. The topological polar surface area (TPSA) is 54.4 Å². The zero-order valence-corrected chi connectivity index (χ0v) is 11.3. The number of hydrogen-bond acceptors (Lipinski definition) is 4. The number of rotatable bonds is 2. The van der Waals surface area contributed by atoms with Gasteiger partial charge < -0.3 is 0 Å². The first-order valence-corrected chi connectivity index (χ1v) is 6.99. The molecule has 2 heterocycles. The number of carbonyl (C=O) groups is 1. The van der Waals surface area contributed by atoms with E-state index in [4.69, 9.17) is 0 Å². The molecule has 0 saturated carbocycles. The number of amides is 1. The van der Waals surface area contributed by atoms with E-state index in [1.54, 1.807) is 11.3 Å². The van der Waals surface area contributed by atoms with E-state index in [1.807, 2.05) is 36.6 Å². The fourth-order valence-electron chi connectivity index (χ4n) is 1.97. The largest absolute Gasteiger partial charge is 0.273 e. The van der Waals surface area contributed by atoms with E-state index in [0.29, 0.717) is 12.8 Å². The fraction of sp³-hybridized carbons (Fsp3) is 0.214. The molecule has 1 aliphatic heterocycles. The standard InChI is InChI=1S/C14H13N3OS/c1-9-8-19-14(15-9)11-4-2-10(3-5-11)12-6-7-13(18)17-16-12/h2-5,8H,6-7H2,1H3,(H,17,18). The first-order chi connectivity index (χ1) is 9.22. The van der Waals surface area contributed by atoms with Crippen LogP contribution in [-0.2, 0) is 4.79 Å². The van der Waals surface area contributed by atoms with Gasteiger partial charge in [-0.05, 0) is 12.5 Å². The van der Waals surface area contributed by atoms with Crippen molar-refractivity contribution < 1.29 is 4.79 Å². The second kappa shape index (κ2) is 4.93. The predicted octanol–water partition coefficient (Wildman–Crippen LogP) is 2.73. The number of hydrazone groups is 1. The average molecular weight is 271 g/mol. The molecule has 1 aromatic carbocycles. The first kappa shape index (κ1) is 12.0. The van der Waals surface area contributed by atoms with E-state index >= 15 is 0 Å². The van der Waals surface area contributed by atoms with Crippen molar-refractivity contribution in [2.75, 3.05) is 0 Å². The van der Waals surface area contributed by atoms with Gasteiger partial charge in [0.2, 0.25) is 5.91 Å². The molecule has 0 radical (unpaired) electrons. The van der Waals surface area contributed by atoms with Crippen LogP contribution < -0.4 is 5.43 Å². The van der Waals surface area contributed by atoms with Crippen LogP contribution in [0, 0.1) is 6.92 Å². The molecule has 4 nitrogen and oxygen atoms in total. The number of carbonyl (C=O) groups excluding carboxylic acids is 1. The van der Waals surface area contributed by atoms with Crippen LogP contribution in [0.25, 0.3) is 10.6 Å². The Morgan fingerprint density at radius 3 is 2.47 bits per heavy atom. The Labute approximate surface area is 115 Å². The number of hydrogen-bond donors (Lipinski definition) is 1. The molecular weight excluding hydrogens is 258 g/mol. The number of benzene rings is 1. The van der Waals surface area contributed by atoms with Crippen LogP contribution in [-0.4, -0.2) is 16.6 Å². The van der Waals surface area contributed by atoms with Gasteiger partial charge in [-0.25, -0.2) is 10.4 Å². The summed E-state index contributed by atoms with van der Waals surface area (Å²) in [4.78, 5) is 15.5. The van der Waals surface area contributed by atoms with Crippen LogP contribution in [0.1, 0.15) is 24.1 Å². The van der Waals surface area contributed by atoms with E-state index in [9.17, 15) is 4.79 Å². The maximum absolute atomic E-state index is 11.1. The summed E-state index contributed by atoms with van der Waals surface area (Å²) in [5, 5.41) is 7.17. The SMILES string of the molecule is Cc1csc(-c2ccc(C3=NNC(=O)CC3)cc2)n1. The molecule has 1 N–H and O–H groups in total. The van der Waals surface area contributed by atoms with Gasteiger partial charge in [0.1, 0.15) is 5.01 Å². The first-order valence-electron chi connectivity index (χ1n) is 6.11. The van der Waals surface area contributed by atoms with Gasteiger partial charge in [0, 0.05) is 29.5 Å². The number of nitrogens with zero attached hydrogens (tertiary/aromatic N) is 2. The zero-order valence-electron chi connectivity index (χ0n) is 10.5. The van der Waals surface area contributed by atoms with Gasteiger partial charge in [-0.3, -0.25) is 4.79 Å². The van der Waals surface area contributed by atoms with Crippen LogP contribution in [0.3, 0.4) is 0 Å². The lowest BCUT2D eigenvalue weighted by Gasteiger charge is -2.12. The van der Waals surface area contributed by atoms with Crippen molar-refractivity contribution in [3.05, 3.63) is 40.9 Å². The minimum atomic E-state index is -0.0152. The van der Waals surface area contributed by atoms with Crippen LogP contribution in [0.4, 0.5) is 0 Å². The molecule has 1 amide bonds. The molecule has 3 rings (SSSR count). The summed E-state index contributed by atoms with van der Waals surface area (Å²) < 4.78 is 0. The highest BCUT2D eigenvalue weighted by Gasteiger charge is 2.13. The molecule has 96 valence electrons. The van der Waals surface area contributed by atoms with E-state index in [-0.39, 0.29) is 5.91 Å². The Hall–Kier alpha value is -2.01. The van der Waals surface area contributed by atoms with Gasteiger partial charge >= 0.3 is 0 Å². The Bertz CT molecular complexity index is 643. The monoisotopic (exact) mass is 271 g/mol. The smallest absolute Gasteiger partial charge is 0.240 e. The second-order valence-corrected chi connectivity index (χ2v) is 5.32. The van der Waals surface area contributed by atoms with E-state index < -0.39 is 0 Å². The van der Waals surface area contributed by atoms with Gasteiger partial charge in [0.15, 0.2) is 0 Å². The maximum Gasteiger partial charge on any atom is 0.240 e. The van der Waals surface area contributed by atoms with Crippen LogP contribution in [0.2, 0.25) is 0 Å². The summed E-state index contributed by atoms with van der Waals surface area (Å²) in [6.07, 6.45) is 1.20. The lowest BCUT2D eigenvalue weighted by atomic mass is 10.0. The van der Waals surface area contributed by atoms with Gasteiger partial charge in [-0.1, -0.05) is 24.3 Å². The van der Waals surface area contributed by atoms with Crippen molar-refractivity contribution in [3.8, 4) is 10.6 Å². The molecular formula is C14H13N3OS. The third-order valence-corrected chi connectivity index (χ3v) is 4.00. The minimum absolute atomic E-state index is 0.0152. The van der Waals surface area contributed by atoms with Crippen molar-refractivity contribution in [2.45, 2.75) is 19.8 Å². The zero-order chi connectivity index (χ0) is 13.2. The minimum Gasteiger partial charge on any atom is -0.273 e. The van der Waals surface area contributed by atoms with Crippen LogP contribution >= 0.6 is 11.3 Å². The highest BCUT2D eigenvalue weighted by molar-refractivity contribution is 7.13. The summed E-state index contributed by atoms with van der Waals surface area (Å²) in [6.45, 7) is 1.99. The van der Waals surface area contributed by atoms with Gasteiger partial charge in [0.05, 0.1) is 5.71 Å². The molecule has 0 atom stereocenters. The van der Waals surface area contributed by atoms with Crippen molar-refractivity contribution in [1.82, 2.24) is 10.4 Å². The van der Waals surface area contributed by atoms with E-state index in [0.717, 1.165) is 27.5 Å². The Morgan fingerprint density at radius 2 is 1.89 bits per heavy atom. The lowest BCUT2D eigenvalue weighted by Crippen LogP contribution is -2.25. The van der Waals surface area contributed by atoms with Crippen LogP contribution in [0.15, 0.2) is 34.7 Å². The lowest BCUT2D eigenvalue weighted by molar-refractivity contribution is -0.121. The molecule has 0 saturated heterocycles. The summed E-state index contributed by atoms with van der Waals surface area (Å²) in [5.74, 6) is -0.0152. The van der Waals surface area contributed by atoms with Gasteiger partial charge in [0.25, 0.3) is 0 Å². The number of nitrogens with one attached hydrogen (secondary N) is 1. The highest BCUT2D eigenvalue weighted by Crippen LogP contribution is 2.24. The molecule has 1 aromatic heterocycles. The van der Waals surface area contributed by atoms with E-state index in [2.05, 4.69) is 15.5 Å². The van der Waals surface area contributed by atoms with Crippen molar-refractivity contribution >= 4 is 23.0 Å². The second-order valence-electron chi connectivity index (χ2n) is 4.46. The molecule has 0 bridgehead atoms. The van der Waals surface area contributed by atoms with Crippen LogP contribution in [0.5, 0.6) is 0 Å². The Morgan fingerprint density at radius 1 is 1.16 bits per heavy atom. The third kappa shape index (κ3) is 2.56. The number of aromatic nitrogens is 1. The average Bonchev–Trinajstić information content (AvgIpc) is 2.87. The van der Waals surface area contributed by atoms with Crippen molar-refractivity contribution in [2.24, 2.45) is 5.10 Å².